The van der Waals surface area contributed by atoms with Gasteiger partial charge in [-0.15, -0.1) is 0 Å². The van der Waals surface area contributed by atoms with E-state index in [4.69, 9.17) is 0 Å². The van der Waals surface area contributed by atoms with Crippen LogP contribution in [0.2, 0.25) is 0 Å². The molecule has 0 unspecified atom stereocenters. The van der Waals surface area contributed by atoms with Crippen molar-refractivity contribution < 1.29 is 0 Å². The Morgan fingerprint density at radius 3 is 0.524 bits per heavy atom. The molecule has 21 heavy (non-hydrogen) atoms. The number of hydrogen-bond donors (Lipinski definition) is 0. The molecule has 0 saturated carbocycles. The molecule has 0 aliphatic rings. The summed E-state index contributed by atoms with van der Waals surface area (Å²) in [7, 11) is 0. The van der Waals surface area contributed by atoms with Crippen molar-refractivity contribution in [2.45, 2.75) is 104 Å². The van der Waals surface area contributed by atoms with Crippen LogP contribution in [-0.4, -0.2) is 67.1 Å². The molecular formula is C17H50Li2Mg2. The molecule has 0 bridgehead atoms. The average molecular weight is 317 g/mol. The molecule has 0 N–H and O–H groups in total. The van der Waals surface area contributed by atoms with Crippen molar-refractivity contribution in [2.75, 3.05) is 0 Å². The van der Waals surface area contributed by atoms with Gasteiger partial charge in [0.15, 0.2) is 0 Å². The zero-order valence-electron chi connectivity index (χ0n) is 16.2. The van der Waals surface area contributed by atoms with Crippen LogP contribution in [0.1, 0.15) is 104 Å². The summed E-state index contributed by atoms with van der Waals surface area (Å²) in [6.07, 6.45) is 2.00. The molecule has 0 aliphatic carbocycles. The quantitative estimate of drug-likeness (QED) is 0.335. The fraction of sp³-hybridized carbons (Fsp3) is 0.882. The molecule has 0 spiro atoms. The molecule has 0 fully saturated rings. The van der Waals surface area contributed by atoms with Gasteiger partial charge in [-0.3, -0.25) is 0 Å². The molecule has 0 rings (SSSR count). The van der Waals surface area contributed by atoms with Crippen LogP contribution in [0.5, 0.6) is 0 Å². The first-order valence-corrected chi connectivity index (χ1v) is 10.7. The van der Waals surface area contributed by atoms with Crippen molar-refractivity contribution in [3.63, 3.8) is 0 Å². The Balaban J connectivity index is -0.00000000598. The van der Waals surface area contributed by atoms with Crippen LogP contribution in [0.15, 0.2) is 0 Å². The van der Waals surface area contributed by atoms with E-state index < -0.39 is 0 Å². The van der Waals surface area contributed by atoms with E-state index in [1.54, 1.807) is 0 Å². The van der Waals surface area contributed by atoms with E-state index in [-0.39, 0.29) is 22.3 Å². The summed E-state index contributed by atoms with van der Waals surface area (Å²) in [5.41, 5.74) is 0. The first-order valence-electron chi connectivity index (χ1n) is 7.83. The van der Waals surface area contributed by atoms with E-state index >= 15 is 0 Å². The van der Waals surface area contributed by atoms with E-state index in [0.29, 0.717) is 0 Å². The third-order valence-corrected chi connectivity index (χ3v) is 0. The number of hydrogen-bond acceptors (Lipinski definition) is 0. The van der Waals surface area contributed by atoms with E-state index in [1.165, 1.54) is 0 Å². The van der Waals surface area contributed by atoms with Gasteiger partial charge in [0, 0.05) is 0 Å². The van der Waals surface area contributed by atoms with Crippen LogP contribution in [0.3, 0.4) is 0 Å². The third-order valence-electron chi connectivity index (χ3n) is 0. The molecule has 0 amide bonds. The zero-order chi connectivity index (χ0) is 17.4. The zero-order valence-corrected chi connectivity index (χ0v) is 19.1. The summed E-state index contributed by atoms with van der Waals surface area (Å²) in [4.78, 5) is 0. The Bertz CT molecular complexity index is 20.8. The third kappa shape index (κ3) is 1310. The monoisotopic (exact) mass is 316 g/mol. The summed E-state index contributed by atoms with van der Waals surface area (Å²) in [5.74, 6) is 0. The van der Waals surface area contributed by atoms with Gasteiger partial charge in [-0.1, -0.05) is 91.5 Å². The van der Waals surface area contributed by atoms with Crippen molar-refractivity contribution in [1.82, 2.24) is 0 Å². The first kappa shape index (κ1) is 75.7. The predicted octanol–water partition coefficient (Wildman–Crippen LogP) is 6.95. The van der Waals surface area contributed by atoms with Crippen LogP contribution < -0.4 is 0 Å². The molecule has 0 aliphatic heterocycles. The molecule has 0 aromatic rings. The SMILES string of the molecule is C.C.C.CC.CC.CC.CC.[CH2-]CC.[CH2-]CC.[Li][Mg+].[Li][Mg+]. The normalized spacial score (nSPS) is 3.62. The Labute approximate surface area is 183 Å². The summed E-state index contributed by atoms with van der Waals surface area (Å²) in [6, 6.07) is 0. The van der Waals surface area contributed by atoms with Crippen LogP contribution in [0.4, 0.5) is 0 Å². The van der Waals surface area contributed by atoms with Crippen molar-refractivity contribution in [3.05, 3.63) is 13.8 Å². The second kappa shape index (κ2) is 480. The minimum atomic E-state index is 0. The van der Waals surface area contributed by atoms with E-state index in [9.17, 15) is 0 Å². The molecule has 4 heteroatoms. The van der Waals surface area contributed by atoms with Gasteiger partial charge < -0.3 is 13.8 Å². The van der Waals surface area contributed by atoms with Gasteiger partial charge in [0.25, 0.3) is 0 Å². The van der Waals surface area contributed by atoms with Crippen molar-refractivity contribution in [1.29, 1.82) is 0 Å². The standard InChI is InChI=1S/2C3H7.4C2H6.3CH4.2Li.2Mg/c2*1-3-2;4*1-2;;;;;;;/h2*1,3H2,2H3;4*1-2H3;3*1H4;;;;/q2*-1;;;;;;;;;;2*+1. The molecule has 0 heterocycles. The second-order valence-electron chi connectivity index (χ2n) is 1.000. The molecule has 124 valence electrons. The first-order chi connectivity index (χ1) is 8.83. The maximum absolute atomic E-state index is 3.49. The fourth-order valence-electron chi connectivity index (χ4n) is 0. The average Bonchev–Trinajstić information content (AvgIpc) is 2.52. The van der Waals surface area contributed by atoms with Crippen LogP contribution in [0, 0.1) is 13.8 Å². The van der Waals surface area contributed by atoms with E-state index in [1.807, 2.05) is 136 Å². The van der Waals surface area contributed by atoms with Gasteiger partial charge in [0.1, 0.15) is 0 Å². The summed E-state index contributed by atoms with van der Waals surface area (Å²) in [5, 5.41) is 0. The summed E-state index contributed by atoms with van der Waals surface area (Å²) < 4.78 is 0. The Morgan fingerprint density at radius 1 is 0.524 bits per heavy atom. The summed E-state index contributed by atoms with van der Waals surface area (Å²) >= 11 is 7.78. The molecule has 0 radical (unpaired) electrons. The van der Waals surface area contributed by atoms with Gasteiger partial charge in [-0.05, 0) is 0 Å². The van der Waals surface area contributed by atoms with Crippen LogP contribution in [0.25, 0.3) is 0 Å². The molecule has 0 saturated heterocycles. The molecule has 0 aromatic carbocycles. The topological polar surface area (TPSA) is 0 Å². The Morgan fingerprint density at radius 2 is 0.524 bits per heavy atom. The van der Waals surface area contributed by atoms with Crippen LogP contribution >= 0.6 is 0 Å². The van der Waals surface area contributed by atoms with Gasteiger partial charge in [0.2, 0.25) is 0 Å². The molecule has 0 aromatic heterocycles. The van der Waals surface area contributed by atoms with Gasteiger partial charge in [-0.2, -0.15) is 12.8 Å². The van der Waals surface area contributed by atoms with E-state index in [2.05, 4.69) is 13.8 Å². The van der Waals surface area contributed by atoms with Gasteiger partial charge in [0.05, 0.1) is 0 Å². The Hall–Kier alpha value is 2.73. The van der Waals surface area contributed by atoms with Crippen molar-refractivity contribution >= 4 is 67.1 Å². The number of rotatable bonds is 0. The molecule has 0 atom stereocenters. The van der Waals surface area contributed by atoms with Crippen LogP contribution in [-0.2, 0) is 0 Å². The van der Waals surface area contributed by atoms with Gasteiger partial charge >= 0.3 is 67.1 Å². The predicted molar refractivity (Wildman–Crippen MR) is 120 cm³/mol. The Kier molecular flexibility index (Phi) is 1730. The van der Waals surface area contributed by atoms with Crippen molar-refractivity contribution in [3.8, 4) is 0 Å². The maximum atomic E-state index is 3.49. The van der Waals surface area contributed by atoms with Crippen molar-refractivity contribution in [2.24, 2.45) is 0 Å². The minimum absolute atomic E-state index is 0. The molecular weight excluding hydrogens is 267 g/mol. The fourth-order valence-corrected chi connectivity index (χ4v) is 0. The van der Waals surface area contributed by atoms with Gasteiger partial charge in [-0.25, -0.2) is 0 Å². The second-order valence-corrected chi connectivity index (χ2v) is 1.000. The molecule has 0 nitrogen and oxygen atoms in total. The van der Waals surface area contributed by atoms with E-state index in [0.717, 1.165) is 12.8 Å². The summed E-state index contributed by atoms with van der Waals surface area (Å²) in [6.45, 7) is 27.0.